The Morgan fingerprint density at radius 2 is 1.71 bits per heavy atom. The lowest BCUT2D eigenvalue weighted by atomic mass is 9.77. The third-order valence-electron chi connectivity index (χ3n) is 5.39. The predicted molar refractivity (Wildman–Crippen MR) is 117 cm³/mol. The summed E-state index contributed by atoms with van der Waals surface area (Å²) < 4.78 is 5.44. The van der Waals surface area contributed by atoms with Crippen molar-refractivity contribution in [1.29, 1.82) is 0 Å². The maximum atomic E-state index is 12.5. The van der Waals surface area contributed by atoms with Crippen molar-refractivity contribution in [3.63, 3.8) is 0 Å². The molecule has 0 aliphatic heterocycles. The van der Waals surface area contributed by atoms with Gasteiger partial charge in [-0.1, -0.05) is 35.6 Å². The van der Waals surface area contributed by atoms with Crippen LogP contribution < -0.4 is 0 Å². The highest BCUT2D eigenvalue weighted by atomic mass is 32.1. The number of rotatable bonds is 7. The lowest BCUT2D eigenvalue weighted by molar-refractivity contribution is -0.156. The predicted octanol–water partition coefficient (Wildman–Crippen LogP) is 4.67. The van der Waals surface area contributed by atoms with Crippen LogP contribution in [0.3, 0.4) is 0 Å². The third-order valence-corrected chi connectivity index (χ3v) is 6.30. The molecule has 1 aliphatic rings. The van der Waals surface area contributed by atoms with E-state index in [0.29, 0.717) is 28.8 Å². The molecular formula is C23H28N2O5S. The number of carbonyl (C=O) groups is 3. The average Bonchev–Trinajstić information content (AvgIpc) is 3.16. The van der Waals surface area contributed by atoms with Crippen molar-refractivity contribution in [2.24, 2.45) is 5.92 Å². The molecule has 31 heavy (non-hydrogen) atoms. The summed E-state index contributed by atoms with van der Waals surface area (Å²) in [6, 6.07) is 7.64. The molecule has 0 bridgehead atoms. The number of ether oxygens (including phenoxy) is 1. The van der Waals surface area contributed by atoms with Gasteiger partial charge in [0, 0.05) is 12.0 Å². The van der Waals surface area contributed by atoms with Crippen molar-refractivity contribution in [3.8, 4) is 0 Å². The summed E-state index contributed by atoms with van der Waals surface area (Å²) in [7, 11) is 0. The molecular weight excluding hydrogens is 416 g/mol. The highest BCUT2D eigenvalue weighted by Gasteiger charge is 2.26. The number of hydrogen-bond donors (Lipinski definition) is 1. The van der Waals surface area contributed by atoms with Gasteiger partial charge < -0.3 is 9.84 Å². The number of Topliss-reactive ketones (excluding diaryl/α,β-unsaturated/α-hetero) is 1. The molecule has 7 nitrogen and oxygen atoms in total. The van der Waals surface area contributed by atoms with Crippen LogP contribution in [0.25, 0.3) is 0 Å². The van der Waals surface area contributed by atoms with Gasteiger partial charge in [0.25, 0.3) is 0 Å². The molecule has 2 aromatic rings. The van der Waals surface area contributed by atoms with Crippen molar-refractivity contribution in [3.05, 3.63) is 45.4 Å². The SMILES string of the molecule is CC(C)(C)OC(=O)CC1CCC(c2ccc(C(=O)Cc3nnc(C(=O)O)s3)cc2)CC1. The molecule has 1 aromatic carbocycles. The Morgan fingerprint density at radius 3 is 2.26 bits per heavy atom. The van der Waals surface area contributed by atoms with E-state index >= 15 is 0 Å². The van der Waals surface area contributed by atoms with Crippen LogP contribution in [0, 0.1) is 5.92 Å². The zero-order valence-electron chi connectivity index (χ0n) is 18.1. The summed E-state index contributed by atoms with van der Waals surface area (Å²) in [5.74, 6) is -0.568. The Bertz CT molecular complexity index is 938. The summed E-state index contributed by atoms with van der Waals surface area (Å²) in [4.78, 5) is 35.4. The zero-order valence-corrected chi connectivity index (χ0v) is 18.9. The number of hydrogen-bond acceptors (Lipinski definition) is 7. The van der Waals surface area contributed by atoms with Gasteiger partial charge in [-0.15, -0.1) is 10.2 Å². The molecule has 0 saturated heterocycles. The summed E-state index contributed by atoms with van der Waals surface area (Å²) >= 11 is 0.921. The topological polar surface area (TPSA) is 106 Å². The Hall–Kier alpha value is -2.61. The van der Waals surface area contributed by atoms with Crippen LogP contribution in [0.2, 0.25) is 0 Å². The van der Waals surface area contributed by atoms with Gasteiger partial charge in [-0.3, -0.25) is 9.59 Å². The standard InChI is InChI=1S/C23H28N2O5S/c1-23(2,3)30-20(27)12-14-4-6-15(7-5-14)16-8-10-17(11-9-16)18(26)13-19-24-25-21(31-19)22(28)29/h8-11,14-15H,4-7,12-13H2,1-3H3,(H,28,29). The van der Waals surface area contributed by atoms with Crippen molar-refractivity contribution in [2.45, 2.75) is 70.8 Å². The maximum Gasteiger partial charge on any atom is 0.367 e. The summed E-state index contributed by atoms with van der Waals surface area (Å²) in [6.07, 6.45) is 4.54. The van der Waals surface area contributed by atoms with Crippen LogP contribution in [-0.4, -0.2) is 38.6 Å². The smallest absolute Gasteiger partial charge is 0.367 e. The Balaban J connectivity index is 1.50. The Morgan fingerprint density at radius 1 is 1.06 bits per heavy atom. The second kappa shape index (κ2) is 9.68. The number of carbonyl (C=O) groups excluding carboxylic acids is 2. The normalized spacial score (nSPS) is 19.1. The fraction of sp³-hybridized carbons (Fsp3) is 0.522. The molecule has 0 amide bonds. The van der Waals surface area contributed by atoms with Gasteiger partial charge >= 0.3 is 11.9 Å². The lowest BCUT2D eigenvalue weighted by Crippen LogP contribution is -2.26. The van der Waals surface area contributed by atoms with Gasteiger partial charge in [-0.2, -0.15) is 0 Å². The highest BCUT2D eigenvalue weighted by Crippen LogP contribution is 2.37. The van der Waals surface area contributed by atoms with E-state index in [9.17, 15) is 14.4 Å². The quantitative estimate of drug-likeness (QED) is 0.488. The van der Waals surface area contributed by atoms with Crippen molar-refractivity contribution < 1.29 is 24.2 Å². The minimum absolute atomic E-state index is 0.0417. The molecule has 1 aliphatic carbocycles. The first-order chi connectivity index (χ1) is 14.6. The summed E-state index contributed by atoms with van der Waals surface area (Å²) in [6.45, 7) is 5.66. The van der Waals surface area contributed by atoms with Crippen LogP contribution >= 0.6 is 11.3 Å². The molecule has 1 N–H and O–H groups in total. The van der Waals surface area contributed by atoms with E-state index in [1.54, 1.807) is 0 Å². The molecule has 166 valence electrons. The first-order valence-corrected chi connectivity index (χ1v) is 11.3. The van der Waals surface area contributed by atoms with Crippen molar-refractivity contribution in [2.75, 3.05) is 0 Å². The maximum absolute atomic E-state index is 12.5. The minimum atomic E-state index is -1.14. The second-order valence-corrected chi connectivity index (χ2v) is 10.1. The average molecular weight is 445 g/mol. The summed E-state index contributed by atoms with van der Waals surface area (Å²) in [5.41, 5.74) is 1.34. The number of esters is 1. The van der Waals surface area contributed by atoms with E-state index in [4.69, 9.17) is 9.84 Å². The fourth-order valence-corrected chi connectivity index (χ4v) is 4.59. The molecule has 0 radical (unpaired) electrons. The largest absolute Gasteiger partial charge is 0.476 e. The van der Waals surface area contributed by atoms with E-state index in [1.807, 2.05) is 45.0 Å². The molecule has 1 fully saturated rings. The van der Waals surface area contributed by atoms with Crippen molar-refractivity contribution >= 4 is 29.1 Å². The first kappa shape index (κ1) is 23.1. The van der Waals surface area contributed by atoms with Gasteiger partial charge in [0.1, 0.15) is 10.6 Å². The van der Waals surface area contributed by atoms with Crippen molar-refractivity contribution in [1.82, 2.24) is 10.2 Å². The van der Waals surface area contributed by atoms with Gasteiger partial charge in [0.15, 0.2) is 5.78 Å². The highest BCUT2D eigenvalue weighted by molar-refractivity contribution is 7.13. The Kier molecular flexibility index (Phi) is 7.20. The molecule has 3 rings (SSSR count). The molecule has 1 saturated carbocycles. The van der Waals surface area contributed by atoms with E-state index in [1.165, 1.54) is 5.56 Å². The van der Waals surface area contributed by atoms with Crippen LogP contribution in [0.15, 0.2) is 24.3 Å². The fourth-order valence-electron chi connectivity index (χ4n) is 3.91. The van der Waals surface area contributed by atoms with E-state index in [2.05, 4.69) is 10.2 Å². The number of carboxylic acids is 1. The second-order valence-electron chi connectivity index (χ2n) is 9.04. The lowest BCUT2D eigenvalue weighted by Gasteiger charge is -2.29. The van der Waals surface area contributed by atoms with Crippen LogP contribution in [-0.2, 0) is 16.0 Å². The number of nitrogens with zero attached hydrogens (tertiary/aromatic N) is 2. The molecule has 8 heteroatoms. The summed E-state index contributed by atoms with van der Waals surface area (Å²) in [5, 5.41) is 16.5. The monoisotopic (exact) mass is 444 g/mol. The van der Waals surface area contributed by atoms with E-state index < -0.39 is 11.6 Å². The molecule has 0 unspecified atom stereocenters. The van der Waals surface area contributed by atoms with E-state index in [0.717, 1.165) is 37.0 Å². The first-order valence-electron chi connectivity index (χ1n) is 10.5. The number of carboxylic acid groups (broad SMARTS) is 1. The van der Waals surface area contributed by atoms with Crippen LogP contribution in [0.4, 0.5) is 0 Å². The number of ketones is 1. The zero-order chi connectivity index (χ0) is 22.6. The molecule has 1 aromatic heterocycles. The van der Waals surface area contributed by atoms with Gasteiger partial charge in [-0.05, 0) is 63.9 Å². The number of aromatic nitrogens is 2. The minimum Gasteiger partial charge on any atom is -0.476 e. The molecule has 0 spiro atoms. The van der Waals surface area contributed by atoms with Crippen LogP contribution in [0.1, 0.15) is 89.5 Å². The van der Waals surface area contributed by atoms with Crippen LogP contribution in [0.5, 0.6) is 0 Å². The Labute approximate surface area is 185 Å². The number of aromatic carboxylic acids is 1. The van der Waals surface area contributed by atoms with E-state index in [-0.39, 0.29) is 23.2 Å². The van der Waals surface area contributed by atoms with Gasteiger partial charge in [-0.25, -0.2) is 4.79 Å². The third kappa shape index (κ3) is 6.69. The van der Waals surface area contributed by atoms with Gasteiger partial charge in [0.2, 0.25) is 5.01 Å². The molecule has 0 atom stereocenters. The number of benzene rings is 1. The molecule has 1 heterocycles. The van der Waals surface area contributed by atoms with Gasteiger partial charge in [0.05, 0.1) is 6.42 Å².